The number of nitrogens with one attached hydrogen (secondary N) is 1. The van der Waals surface area contributed by atoms with E-state index in [1.807, 2.05) is 0 Å². The van der Waals surface area contributed by atoms with Crippen LogP contribution in [0.1, 0.15) is 43.2 Å². The van der Waals surface area contributed by atoms with Gasteiger partial charge in [-0.3, -0.25) is 9.69 Å². The van der Waals surface area contributed by atoms with E-state index in [1.165, 1.54) is 26.1 Å². The van der Waals surface area contributed by atoms with E-state index in [-0.39, 0.29) is 5.91 Å². The Morgan fingerprint density at radius 2 is 1.76 bits per heavy atom. The van der Waals surface area contributed by atoms with E-state index < -0.39 is 11.6 Å². The number of nitriles is 1. The molecule has 2 heterocycles. The van der Waals surface area contributed by atoms with Gasteiger partial charge in [0.15, 0.2) is 0 Å². The second kappa shape index (κ2) is 11.3. The lowest BCUT2D eigenvalue weighted by Crippen LogP contribution is -2.57. The van der Waals surface area contributed by atoms with E-state index in [2.05, 4.69) is 76.8 Å². The molecule has 6 nitrogen and oxygen atoms in total. The Morgan fingerprint density at radius 1 is 1.05 bits per heavy atom. The predicted octanol–water partition coefficient (Wildman–Crippen LogP) is 4.53. The SMILES string of the molecule is CN1CCN(Cc2ccc(-c3cc4cc(C[C@@H](C#N)NC(=O)C5(N)CCCCC5)ccc4s3)cc2)CC1. The van der Waals surface area contributed by atoms with Gasteiger partial charge < -0.3 is 16.0 Å². The minimum atomic E-state index is -0.834. The van der Waals surface area contributed by atoms with Crippen molar-refractivity contribution in [3.63, 3.8) is 0 Å². The highest BCUT2D eigenvalue weighted by Crippen LogP contribution is 2.34. The van der Waals surface area contributed by atoms with Crippen molar-refractivity contribution >= 4 is 27.3 Å². The smallest absolute Gasteiger partial charge is 0.241 e. The quantitative estimate of drug-likeness (QED) is 0.483. The molecule has 3 N–H and O–H groups in total. The molecule has 194 valence electrons. The third-order valence-corrected chi connectivity index (χ3v) is 9.09. The number of rotatable bonds is 7. The molecule has 3 aromatic rings. The van der Waals surface area contributed by atoms with Crippen LogP contribution in [0, 0.1) is 11.3 Å². The van der Waals surface area contributed by atoms with Crippen molar-refractivity contribution in [3.05, 3.63) is 59.7 Å². The summed E-state index contributed by atoms with van der Waals surface area (Å²) in [5, 5.41) is 13.8. The number of amides is 1. The second-order valence-electron chi connectivity index (χ2n) is 10.8. The van der Waals surface area contributed by atoms with Gasteiger partial charge in [-0.2, -0.15) is 5.26 Å². The number of carbonyl (C=O) groups excluding carboxylic acids is 1. The van der Waals surface area contributed by atoms with Crippen LogP contribution in [-0.4, -0.2) is 60.5 Å². The Hall–Kier alpha value is -2.76. The van der Waals surface area contributed by atoms with Crippen molar-refractivity contribution in [1.29, 1.82) is 5.26 Å². The van der Waals surface area contributed by atoms with Gasteiger partial charge in [0.1, 0.15) is 6.04 Å². The van der Waals surface area contributed by atoms with Crippen molar-refractivity contribution in [1.82, 2.24) is 15.1 Å². The predicted molar refractivity (Wildman–Crippen MR) is 151 cm³/mol. The number of nitrogens with two attached hydrogens (primary N) is 1. The molecule has 37 heavy (non-hydrogen) atoms. The van der Waals surface area contributed by atoms with Crippen molar-refractivity contribution < 1.29 is 4.79 Å². The molecule has 1 saturated heterocycles. The van der Waals surface area contributed by atoms with Gasteiger partial charge in [-0.25, -0.2) is 0 Å². The molecule has 1 aliphatic carbocycles. The van der Waals surface area contributed by atoms with Crippen molar-refractivity contribution in [2.24, 2.45) is 5.73 Å². The molecule has 5 rings (SSSR count). The van der Waals surface area contributed by atoms with Crippen LogP contribution in [0.2, 0.25) is 0 Å². The van der Waals surface area contributed by atoms with E-state index in [1.54, 1.807) is 11.3 Å². The molecule has 0 unspecified atom stereocenters. The summed E-state index contributed by atoms with van der Waals surface area (Å²) in [6, 6.07) is 19.2. The number of benzene rings is 2. The van der Waals surface area contributed by atoms with Gasteiger partial charge in [-0.1, -0.05) is 55.7 Å². The molecular formula is C30H37N5OS. The fourth-order valence-corrected chi connectivity index (χ4v) is 6.53. The maximum atomic E-state index is 12.8. The third kappa shape index (κ3) is 6.22. The molecule has 1 aromatic heterocycles. The fraction of sp³-hybridized carbons (Fsp3) is 0.467. The number of nitrogens with zero attached hydrogens (tertiary/aromatic N) is 3. The zero-order valence-electron chi connectivity index (χ0n) is 21.7. The largest absolute Gasteiger partial charge is 0.338 e. The van der Waals surface area contributed by atoms with Crippen LogP contribution in [0.5, 0.6) is 0 Å². The van der Waals surface area contributed by atoms with Gasteiger partial charge in [-0.15, -0.1) is 11.3 Å². The summed E-state index contributed by atoms with van der Waals surface area (Å²) in [6.45, 7) is 5.53. The van der Waals surface area contributed by atoms with E-state index in [0.717, 1.165) is 57.5 Å². The highest BCUT2D eigenvalue weighted by atomic mass is 32.1. The first-order valence-corrected chi connectivity index (χ1v) is 14.3. The third-order valence-electron chi connectivity index (χ3n) is 7.92. The molecule has 7 heteroatoms. The van der Waals surface area contributed by atoms with E-state index in [9.17, 15) is 10.1 Å². The normalized spacial score (nSPS) is 19.4. The number of fused-ring (bicyclic) bond motifs is 1. The van der Waals surface area contributed by atoms with Gasteiger partial charge in [0.2, 0.25) is 5.91 Å². The molecule has 1 atom stereocenters. The highest BCUT2D eigenvalue weighted by Gasteiger charge is 2.36. The molecule has 0 radical (unpaired) electrons. The summed E-state index contributed by atoms with van der Waals surface area (Å²) in [4.78, 5) is 19.0. The van der Waals surface area contributed by atoms with Crippen molar-refractivity contribution in [2.75, 3.05) is 33.2 Å². The van der Waals surface area contributed by atoms with Crippen molar-refractivity contribution in [2.45, 2.75) is 56.7 Å². The maximum Gasteiger partial charge on any atom is 0.241 e. The first-order valence-electron chi connectivity index (χ1n) is 13.4. The van der Waals surface area contributed by atoms with E-state index in [4.69, 9.17) is 5.73 Å². The molecule has 0 bridgehead atoms. The van der Waals surface area contributed by atoms with Crippen LogP contribution >= 0.6 is 11.3 Å². The first kappa shape index (κ1) is 25.9. The molecule has 1 saturated carbocycles. The number of thiophene rings is 1. The summed E-state index contributed by atoms with van der Waals surface area (Å²) in [6.07, 6.45) is 4.92. The second-order valence-corrected chi connectivity index (χ2v) is 11.9. The lowest BCUT2D eigenvalue weighted by molar-refractivity contribution is -0.127. The van der Waals surface area contributed by atoms with E-state index in [0.29, 0.717) is 19.3 Å². The minimum absolute atomic E-state index is 0.186. The standard InChI is InChI=1S/C30H37N5OS/c1-34-13-15-35(16-14-34)21-22-5-8-24(9-6-22)28-19-25-17-23(7-10-27(25)37-28)18-26(20-31)33-29(36)30(32)11-3-2-4-12-30/h5-10,17,19,26H,2-4,11-16,18,21,32H2,1H3,(H,33,36)/t26-/m0/s1. The number of hydrogen-bond acceptors (Lipinski definition) is 6. The van der Waals surface area contributed by atoms with Crippen LogP contribution in [0.4, 0.5) is 0 Å². The topological polar surface area (TPSA) is 85.4 Å². The Kier molecular flexibility index (Phi) is 7.92. The summed E-state index contributed by atoms with van der Waals surface area (Å²) in [5.74, 6) is -0.186. The molecule has 2 aromatic carbocycles. The van der Waals surface area contributed by atoms with Gasteiger partial charge in [0.25, 0.3) is 0 Å². The van der Waals surface area contributed by atoms with Crippen molar-refractivity contribution in [3.8, 4) is 16.5 Å². The van der Waals surface area contributed by atoms with Crippen LogP contribution in [0.15, 0.2) is 48.5 Å². The molecule has 1 amide bonds. The average Bonchev–Trinajstić information content (AvgIpc) is 3.34. The number of hydrogen-bond donors (Lipinski definition) is 2. The summed E-state index contributed by atoms with van der Waals surface area (Å²) >= 11 is 1.79. The fourth-order valence-electron chi connectivity index (χ4n) is 5.48. The molecule has 1 aliphatic heterocycles. The van der Waals surface area contributed by atoms with Gasteiger partial charge in [0.05, 0.1) is 11.6 Å². The maximum absolute atomic E-state index is 12.8. The Balaban J connectivity index is 1.23. The Bertz CT molecular complexity index is 1260. The molecule has 2 fully saturated rings. The zero-order valence-corrected chi connectivity index (χ0v) is 22.5. The van der Waals surface area contributed by atoms with E-state index >= 15 is 0 Å². The number of carbonyl (C=O) groups is 1. The highest BCUT2D eigenvalue weighted by molar-refractivity contribution is 7.22. The summed E-state index contributed by atoms with van der Waals surface area (Å²) < 4.78 is 1.22. The van der Waals surface area contributed by atoms with Gasteiger partial charge >= 0.3 is 0 Å². The van der Waals surface area contributed by atoms with Crippen LogP contribution in [-0.2, 0) is 17.8 Å². The Labute approximate surface area is 224 Å². The molecular weight excluding hydrogens is 478 g/mol. The summed E-state index contributed by atoms with van der Waals surface area (Å²) in [5.41, 5.74) is 9.16. The monoisotopic (exact) mass is 515 g/mol. The summed E-state index contributed by atoms with van der Waals surface area (Å²) in [7, 11) is 2.19. The number of likely N-dealkylation sites (N-methyl/N-ethyl adjacent to an activating group) is 1. The van der Waals surface area contributed by atoms with Gasteiger partial charge in [-0.05, 0) is 54.1 Å². The lowest BCUT2D eigenvalue weighted by Gasteiger charge is -2.32. The van der Waals surface area contributed by atoms with Crippen LogP contribution in [0.3, 0.4) is 0 Å². The van der Waals surface area contributed by atoms with Gasteiger partial charge in [0, 0.05) is 48.7 Å². The van der Waals surface area contributed by atoms with Crippen LogP contribution in [0.25, 0.3) is 20.5 Å². The number of piperazine rings is 1. The first-order chi connectivity index (χ1) is 17.9. The van der Waals surface area contributed by atoms with Crippen LogP contribution < -0.4 is 11.1 Å². The minimum Gasteiger partial charge on any atom is -0.338 e. The average molecular weight is 516 g/mol. The Morgan fingerprint density at radius 3 is 2.46 bits per heavy atom. The molecule has 2 aliphatic rings. The zero-order chi connectivity index (χ0) is 25.8. The molecule has 0 spiro atoms. The lowest BCUT2D eigenvalue weighted by atomic mass is 9.81.